The highest BCUT2D eigenvalue weighted by molar-refractivity contribution is 5.99. The molecule has 92 valence electrons. The average molecular weight is 237 g/mol. The first-order valence-corrected chi connectivity index (χ1v) is 5.63. The van der Waals surface area contributed by atoms with Crippen LogP contribution in [0, 0.1) is 0 Å². The molecule has 1 aromatic rings. The number of imidazole rings is 1. The monoisotopic (exact) mass is 237 g/mol. The summed E-state index contributed by atoms with van der Waals surface area (Å²) in [7, 11) is 0. The van der Waals surface area contributed by atoms with Gasteiger partial charge in [0.2, 0.25) is 11.8 Å². The number of carbonyl (C=O) groups is 2. The van der Waals surface area contributed by atoms with Gasteiger partial charge < -0.3 is 0 Å². The van der Waals surface area contributed by atoms with Gasteiger partial charge in [-0.25, -0.2) is 4.79 Å². The summed E-state index contributed by atoms with van der Waals surface area (Å²) >= 11 is 0. The van der Waals surface area contributed by atoms with Crippen LogP contribution in [-0.2, 0) is 9.59 Å². The van der Waals surface area contributed by atoms with Crippen LogP contribution < -0.4 is 11.0 Å². The molecule has 1 atom stereocenters. The molecule has 0 bridgehead atoms. The van der Waals surface area contributed by atoms with Crippen LogP contribution in [-0.4, -0.2) is 20.9 Å². The molecule has 1 unspecified atom stereocenters. The summed E-state index contributed by atoms with van der Waals surface area (Å²) in [6.45, 7) is 3.80. The SMILES string of the molecule is CC(C)n1ccn(C2CCC(=O)NC2=O)c1=O. The van der Waals surface area contributed by atoms with E-state index in [2.05, 4.69) is 5.32 Å². The third-order valence-electron chi connectivity index (χ3n) is 2.93. The summed E-state index contributed by atoms with van der Waals surface area (Å²) < 4.78 is 2.95. The quantitative estimate of drug-likeness (QED) is 0.747. The normalized spacial score (nSPS) is 20.8. The Morgan fingerprint density at radius 2 is 2.00 bits per heavy atom. The van der Waals surface area contributed by atoms with E-state index in [0.717, 1.165) is 0 Å². The maximum absolute atomic E-state index is 12.0. The van der Waals surface area contributed by atoms with Crippen LogP contribution in [0.4, 0.5) is 0 Å². The van der Waals surface area contributed by atoms with Crippen molar-refractivity contribution < 1.29 is 9.59 Å². The Hall–Kier alpha value is -1.85. The lowest BCUT2D eigenvalue weighted by molar-refractivity contribution is -0.135. The Labute approximate surface area is 98.2 Å². The molecule has 2 amide bonds. The lowest BCUT2D eigenvalue weighted by Crippen LogP contribution is -2.44. The minimum absolute atomic E-state index is 0.0528. The lowest BCUT2D eigenvalue weighted by atomic mass is 10.1. The topological polar surface area (TPSA) is 73.1 Å². The van der Waals surface area contributed by atoms with Crippen LogP contribution in [0.1, 0.15) is 38.8 Å². The zero-order valence-corrected chi connectivity index (χ0v) is 9.84. The van der Waals surface area contributed by atoms with Crippen molar-refractivity contribution in [2.24, 2.45) is 0 Å². The van der Waals surface area contributed by atoms with E-state index >= 15 is 0 Å². The minimum Gasteiger partial charge on any atom is -0.297 e. The van der Waals surface area contributed by atoms with Gasteiger partial charge in [0.25, 0.3) is 0 Å². The average Bonchev–Trinajstić information content (AvgIpc) is 2.60. The number of nitrogens with zero attached hydrogens (tertiary/aromatic N) is 2. The molecule has 2 rings (SSSR count). The third-order valence-corrected chi connectivity index (χ3v) is 2.93. The van der Waals surface area contributed by atoms with Crippen molar-refractivity contribution in [1.29, 1.82) is 0 Å². The van der Waals surface area contributed by atoms with E-state index in [-0.39, 0.29) is 24.1 Å². The Bertz CT molecular complexity index is 512. The van der Waals surface area contributed by atoms with Crippen molar-refractivity contribution in [3.63, 3.8) is 0 Å². The first kappa shape index (κ1) is 11.6. The van der Waals surface area contributed by atoms with Gasteiger partial charge in [-0.2, -0.15) is 0 Å². The zero-order valence-electron chi connectivity index (χ0n) is 9.84. The number of rotatable bonds is 2. The highest BCUT2D eigenvalue weighted by atomic mass is 16.2. The Balaban J connectivity index is 2.32. The Morgan fingerprint density at radius 1 is 1.29 bits per heavy atom. The Kier molecular flexibility index (Phi) is 2.87. The number of nitrogens with one attached hydrogen (secondary N) is 1. The van der Waals surface area contributed by atoms with E-state index < -0.39 is 11.9 Å². The molecule has 1 N–H and O–H groups in total. The largest absolute Gasteiger partial charge is 0.329 e. The number of piperidine rings is 1. The van der Waals surface area contributed by atoms with Crippen molar-refractivity contribution in [3.05, 3.63) is 22.9 Å². The minimum atomic E-state index is -0.569. The van der Waals surface area contributed by atoms with Crippen LogP contribution in [0.25, 0.3) is 0 Å². The number of amides is 2. The van der Waals surface area contributed by atoms with Crippen LogP contribution in [0.3, 0.4) is 0 Å². The van der Waals surface area contributed by atoms with Crippen LogP contribution >= 0.6 is 0 Å². The summed E-state index contributed by atoms with van der Waals surface area (Å²) in [5, 5.41) is 2.25. The van der Waals surface area contributed by atoms with Gasteiger partial charge in [-0.1, -0.05) is 0 Å². The lowest BCUT2D eigenvalue weighted by Gasteiger charge is -2.21. The summed E-state index contributed by atoms with van der Waals surface area (Å²) in [4.78, 5) is 34.7. The predicted molar refractivity (Wildman–Crippen MR) is 60.5 cm³/mol. The first-order valence-electron chi connectivity index (χ1n) is 5.63. The number of carbonyl (C=O) groups excluding carboxylic acids is 2. The van der Waals surface area contributed by atoms with Gasteiger partial charge in [0.1, 0.15) is 6.04 Å². The third kappa shape index (κ3) is 2.02. The van der Waals surface area contributed by atoms with Gasteiger partial charge in [0, 0.05) is 24.9 Å². The van der Waals surface area contributed by atoms with Crippen molar-refractivity contribution in [3.8, 4) is 0 Å². The molecule has 0 aromatic carbocycles. The fourth-order valence-corrected chi connectivity index (χ4v) is 1.98. The standard InChI is InChI=1S/C11H15N3O3/c1-7(2)13-5-6-14(11(13)17)8-3-4-9(15)12-10(8)16/h5-8H,3-4H2,1-2H3,(H,12,15,16). The van der Waals surface area contributed by atoms with E-state index in [4.69, 9.17) is 0 Å². The van der Waals surface area contributed by atoms with E-state index in [9.17, 15) is 14.4 Å². The van der Waals surface area contributed by atoms with E-state index in [1.165, 1.54) is 4.57 Å². The second-order valence-electron chi connectivity index (χ2n) is 4.46. The number of aromatic nitrogens is 2. The molecule has 0 saturated carbocycles. The maximum Gasteiger partial charge on any atom is 0.329 e. The molecule has 1 saturated heterocycles. The second-order valence-corrected chi connectivity index (χ2v) is 4.46. The molecular formula is C11H15N3O3. The molecule has 6 heteroatoms. The number of hydrogen-bond acceptors (Lipinski definition) is 3. The molecule has 1 fully saturated rings. The zero-order chi connectivity index (χ0) is 12.6. The summed E-state index contributed by atoms with van der Waals surface area (Å²) in [5.74, 6) is -0.674. The first-order chi connectivity index (χ1) is 8.00. The smallest absolute Gasteiger partial charge is 0.297 e. The molecule has 0 spiro atoms. The van der Waals surface area contributed by atoms with Crippen molar-refractivity contribution in [1.82, 2.24) is 14.5 Å². The van der Waals surface area contributed by atoms with Gasteiger partial charge in [-0.15, -0.1) is 0 Å². The van der Waals surface area contributed by atoms with E-state index in [1.54, 1.807) is 17.0 Å². The van der Waals surface area contributed by atoms with Gasteiger partial charge in [0.15, 0.2) is 0 Å². The summed E-state index contributed by atoms with van der Waals surface area (Å²) in [6.07, 6.45) is 3.92. The molecule has 17 heavy (non-hydrogen) atoms. The van der Waals surface area contributed by atoms with Crippen molar-refractivity contribution in [2.75, 3.05) is 0 Å². The second kappa shape index (κ2) is 4.20. The van der Waals surface area contributed by atoms with Crippen LogP contribution in [0.2, 0.25) is 0 Å². The number of hydrogen-bond donors (Lipinski definition) is 1. The molecular weight excluding hydrogens is 222 g/mol. The molecule has 6 nitrogen and oxygen atoms in total. The van der Waals surface area contributed by atoms with Gasteiger partial charge in [-0.05, 0) is 20.3 Å². The molecule has 0 aliphatic carbocycles. The molecule has 0 radical (unpaired) electrons. The molecule has 1 aliphatic rings. The molecule has 1 aromatic heterocycles. The fraction of sp³-hybridized carbons (Fsp3) is 0.545. The van der Waals surface area contributed by atoms with Gasteiger partial charge >= 0.3 is 5.69 Å². The van der Waals surface area contributed by atoms with Crippen LogP contribution in [0.15, 0.2) is 17.2 Å². The number of imide groups is 1. The van der Waals surface area contributed by atoms with Gasteiger partial charge in [-0.3, -0.25) is 24.0 Å². The highest BCUT2D eigenvalue weighted by Crippen LogP contribution is 2.16. The summed E-state index contributed by atoms with van der Waals surface area (Å²) in [5.41, 5.74) is -0.213. The summed E-state index contributed by atoms with van der Waals surface area (Å²) in [6, 6.07) is -0.516. The highest BCUT2D eigenvalue weighted by Gasteiger charge is 2.29. The molecule has 1 aliphatic heterocycles. The van der Waals surface area contributed by atoms with E-state index in [0.29, 0.717) is 6.42 Å². The fourth-order valence-electron chi connectivity index (χ4n) is 1.98. The van der Waals surface area contributed by atoms with Crippen molar-refractivity contribution >= 4 is 11.8 Å². The molecule has 2 heterocycles. The van der Waals surface area contributed by atoms with Crippen molar-refractivity contribution in [2.45, 2.75) is 38.8 Å². The van der Waals surface area contributed by atoms with E-state index in [1.807, 2.05) is 13.8 Å². The Morgan fingerprint density at radius 3 is 2.53 bits per heavy atom. The van der Waals surface area contributed by atoms with Gasteiger partial charge in [0.05, 0.1) is 0 Å². The predicted octanol–water partition coefficient (Wildman–Crippen LogP) is 0.208. The maximum atomic E-state index is 12.0. The van der Waals surface area contributed by atoms with Crippen LogP contribution in [0.5, 0.6) is 0 Å².